The average Bonchev–Trinajstić information content (AvgIpc) is 3.38. The number of hydrogen-bond donors (Lipinski definition) is 0. The Labute approximate surface area is 209 Å². The second kappa shape index (κ2) is 6.85. The fraction of sp³-hybridized carbons (Fsp3) is 0.290. The quantitative estimate of drug-likeness (QED) is 0.151. The second-order valence-electron chi connectivity index (χ2n) is 11.1. The summed E-state index contributed by atoms with van der Waals surface area (Å²) in [6.45, 7) is 6.92. The van der Waals surface area contributed by atoms with Crippen molar-refractivity contribution in [2.75, 3.05) is 4.90 Å². The lowest BCUT2D eigenvalue weighted by atomic mass is 9.83. The van der Waals surface area contributed by atoms with E-state index in [1.807, 2.05) is 0 Å². The summed E-state index contributed by atoms with van der Waals surface area (Å²) < 4.78 is 1.35. The van der Waals surface area contributed by atoms with E-state index >= 15 is 0 Å². The Morgan fingerprint density at radius 2 is 1.45 bits per heavy atom. The number of halogens is 1. The largest absolute Gasteiger partial charge is 0.337 e. The third-order valence-electron chi connectivity index (χ3n) is 8.16. The Kier molecular flexibility index (Phi) is 4.17. The van der Waals surface area contributed by atoms with Crippen LogP contribution in [-0.4, -0.2) is 6.04 Å². The first-order valence-corrected chi connectivity index (χ1v) is 13.3. The predicted molar refractivity (Wildman–Crippen MR) is 151 cm³/mol. The maximum absolute atomic E-state index is 2.69. The van der Waals surface area contributed by atoms with Gasteiger partial charge in [-0.2, -0.15) is 0 Å². The van der Waals surface area contributed by atoms with E-state index in [0.717, 1.165) is 0 Å². The van der Waals surface area contributed by atoms with Crippen molar-refractivity contribution in [3.05, 3.63) is 81.4 Å². The molecular weight excluding hydrogens is 513 g/mol. The molecule has 1 saturated carbocycles. The molecule has 0 amide bonds. The van der Waals surface area contributed by atoms with E-state index < -0.39 is 0 Å². The molecule has 5 aromatic rings. The Morgan fingerprint density at radius 1 is 0.758 bits per heavy atom. The van der Waals surface area contributed by atoms with Gasteiger partial charge in [0.25, 0.3) is 0 Å². The van der Waals surface area contributed by atoms with Gasteiger partial charge in [0.05, 0.1) is 0 Å². The topological polar surface area (TPSA) is 3.24 Å². The van der Waals surface area contributed by atoms with Crippen molar-refractivity contribution in [1.29, 1.82) is 0 Å². The fourth-order valence-electron chi connectivity index (χ4n) is 6.59. The predicted octanol–water partition coefficient (Wildman–Crippen LogP) is 9.27. The number of rotatable bonds is 1. The summed E-state index contributed by atoms with van der Waals surface area (Å²) in [5.74, 6) is 0.669. The Hall–Kier alpha value is -2.33. The summed E-state index contributed by atoms with van der Waals surface area (Å²) in [7, 11) is 0. The van der Waals surface area contributed by atoms with Crippen LogP contribution in [0.15, 0.2) is 66.7 Å². The minimum atomic E-state index is 0.143. The van der Waals surface area contributed by atoms with E-state index in [1.165, 1.54) is 72.1 Å². The highest BCUT2D eigenvalue weighted by Crippen LogP contribution is 2.54. The van der Waals surface area contributed by atoms with Gasteiger partial charge in [0.1, 0.15) is 0 Å². The summed E-state index contributed by atoms with van der Waals surface area (Å²) in [6.07, 6.45) is 3.93. The molecule has 1 aliphatic heterocycles. The van der Waals surface area contributed by atoms with Crippen LogP contribution in [0.2, 0.25) is 0 Å². The lowest BCUT2D eigenvalue weighted by molar-refractivity contribution is 0.591. The molecule has 7 rings (SSSR count). The first-order chi connectivity index (χ1) is 15.9. The molecule has 0 N–H and O–H groups in total. The van der Waals surface area contributed by atoms with Crippen LogP contribution in [0, 0.1) is 3.57 Å². The Balaban J connectivity index is 1.52. The molecule has 2 unspecified atom stereocenters. The first-order valence-electron chi connectivity index (χ1n) is 12.2. The normalized spacial score (nSPS) is 20.3. The molecule has 0 radical (unpaired) electrons. The molecular formula is C31H28IN. The van der Waals surface area contributed by atoms with E-state index in [2.05, 4.69) is 115 Å². The Bertz CT molecular complexity index is 1540. The van der Waals surface area contributed by atoms with Crippen LogP contribution in [0.3, 0.4) is 0 Å². The fourth-order valence-corrected chi connectivity index (χ4v) is 7.10. The molecule has 0 bridgehead atoms. The number of nitrogens with zero attached hydrogens (tertiary/aromatic N) is 1. The van der Waals surface area contributed by atoms with Crippen molar-refractivity contribution in [2.45, 2.75) is 57.4 Å². The van der Waals surface area contributed by atoms with Gasteiger partial charge in [-0.25, -0.2) is 0 Å². The highest BCUT2D eigenvalue weighted by molar-refractivity contribution is 14.1. The van der Waals surface area contributed by atoms with Gasteiger partial charge in [-0.1, -0.05) is 69.7 Å². The number of benzene rings is 5. The zero-order valence-corrected chi connectivity index (χ0v) is 21.6. The molecule has 33 heavy (non-hydrogen) atoms. The van der Waals surface area contributed by atoms with Gasteiger partial charge in [-0.15, -0.1) is 0 Å². The van der Waals surface area contributed by atoms with E-state index in [9.17, 15) is 0 Å². The van der Waals surface area contributed by atoms with Gasteiger partial charge in [0.15, 0.2) is 0 Å². The SMILES string of the molecule is CC(C)(C)c1cc2ccc3ccc(N4c5ccc(I)cc5C5CCCC54)c4ccc(c1)c2c34. The number of hydrogen-bond acceptors (Lipinski definition) is 1. The molecule has 1 nitrogen and oxygen atoms in total. The summed E-state index contributed by atoms with van der Waals surface area (Å²) in [4.78, 5) is 2.69. The van der Waals surface area contributed by atoms with Gasteiger partial charge in [-0.05, 0) is 103 Å². The van der Waals surface area contributed by atoms with Crippen LogP contribution in [0.1, 0.15) is 57.1 Å². The maximum Gasteiger partial charge on any atom is 0.0493 e. The monoisotopic (exact) mass is 541 g/mol. The Morgan fingerprint density at radius 3 is 2.24 bits per heavy atom. The van der Waals surface area contributed by atoms with E-state index in [0.29, 0.717) is 12.0 Å². The standard InChI is InChI=1S/C31H28IN/c1-31(2,3)21-15-19-8-7-18-10-13-27(24-12-9-20(16-21)29(19)30(18)24)33-26-6-4-5-23(26)25-17-22(32)11-14-28(25)33/h7-17,23,26H,4-6H2,1-3H3. The zero-order chi connectivity index (χ0) is 22.5. The van der Waals surface area contributed by atoms with Crippen molar-refractivity contribution >= 4 is 66.3 Å². The van der Waals surface area contributed by atoms with E-state index in [-0.39, 0.29) is 5.41 Å². The van der Waals surface area contributed by atoms with E-state index in [4.69, 9.17) is 0 Å². The van der Waals surface area contributed by atoms with Gasteiger partial charge < -0.3 is 4.90 Å². The van der Waals surface area contributed by atoms with E-state index in [1.54, 1.807) is 5.56 Å². The number of anilines is 2. The third-order valence-corrected chi connectivity index (χ3v) is 8.83. The highest BCUT2D eigenvalue weighted by atomic mass is 127. The van der Waals surface area contributed by atoms with Crippen LogP contribution in [0.25, 0.3) is 32.3 Å². The van der Waals surface area contributed by atoms with Crippen LogP contribution >= 0.6 is 22.6 Å². The highest BCUT2D eigenvalue weighted by Gasteiger charge is 2.42. The molecule has 5 aromatic carbocycles. The molecule has 0 spiro atoms. The van der Waals surface area contributed by atoms with Crippen LogP contribution in [0.5, 0.6) is 0 Å². The maximum atomic E-state index is 2.69. The van der Waals surface area contributed by atoms with Crippen LogP contribution < -0.4 is 4.90 Å². The van der Waals surface area contributed by atoms with Gasteiger partial charge in [-0.3, -0.25) is 0 Å². The summed E-state index contributed by atoms with van der Waals surface area (Å²) in [5, 5.41) is 8.32. The first kappa shape index (κ1) is 20.1. The van der Waals surface area contributed by atoms with Gasteiger partial charge in [0, 0.05) is 32.3 Å². The lowest BCUT2D eigenvalue weighted by Gasteiger charge is -2.29. The van der Waals surface area contributed by atoms with Gasteiger partial charge >= 0.3 is 0 Å². The van der Waals surface area contributed by atoms with Crippen molar-refractivity contribution in [1.82, 2.24) is 0 Å². The van der Waals surface area contributed by atoms with Crippen molar-refractivity contribution in [3.8, 4) is 0 Å². The van der Waals surface area contributed by atoms with Gasteiger partial charge in [0.2, 0.25) is 0 Å². The van der Waals surface area contributed by atoms with Crippen molar-refractivity contribution in [3.63, 3.8) is 0 Å². The third kappa shape index (κ3) is 2.83. The lowest BCUT2D eigenvalue weighted by Crippen LogP contribution is -2.26. The summed E-state index contributed by atoms with van der Waals surface area (Å²) in [5.41, 5.74) is 5.92. The molecule has 1 aliphatic carbocycles. The van der Waals surface area contributed by atoms with Crippen LogP contribution in [-0.2, 0) is 5.41 Å². The molecule has 2 atom stereocenters. The molecule has 2 heteroatoms. The second-order valence-corrected chi connectivity index (χ2v) is 12.3. The smallest absolute Gasteiger partial charge is 0.0493 e. The molecule has 2 aliphatic rings. The zero-order valence-electron chi connectivity index (χ0n) is 19.5. The van der Waals surface area contributed by atoms with Crippen molar-refractivity contribution in [2.24, 2.45) is 0 Å². The summed E-state index contributed by atoms with van der Waals surface area (Å²) in [6, 6.07) is 26.6. The van der Waals surface area contributed by atoms with Crippen molar-refractivity contribution < 1.29 is 0 Å². The molecule has 0 aromatic heterocycles. The molecule has 1 heterocycles. The average molecular weight is 541 g/mol. The molecule has 164 valence electrons. The molecule has 1 fully saturated rings. The number of fused-ring (bicyclic) bond motifs is 3. The molecule has 0 saturated heterocycles. The minimum Gasteiger partial charge on any atom is -0.337 e. The summed E-state index contributed by atoms with van der Waals surface area (Å²) >= 11 is 2.47. The van der Waals surface area contributed by atoms with Crippen LogP contribution in [0.4, 0.5) is 11.4 Å². The minimum absolute atomic E-state index is 0.143.